The number of likely N-dealkylation sites (tertiary alicyclic amines) is 1. The largest absolute Gasteiger partial charge is 0.396 e. The topological polar surface area (TPSA) is 34.9 Å². The van der Waals surface area contributed by atoms with Gasteiger partial charge < -0.3 is 14.6 Å². The lowest BCUT2D eigenvalue weighted by molar-refractivity contribution is 0.00610. The van der Waals surface area contributed by atoms with Gasteiger partial charge in [-0.1, -0.05) is 18.2 Å². The van der Waals surface area contributed by atoms with E-state index in [4.69, 9.17) is 0 Å². The van der Waals surface area contributed by atoms with Crippen LogP contribution in [0.2, 0.25) is 0 Å². The van der Waals surface area contributed by atoms with E-state index >= 15 is 0 Å². The smallest absolute Gasteiger partial charge is 0.0486 e. The quantitative estimate of drug-likeness (QED) is 0.811. The molecular weight excluding hydrogens is 360 g/mol. The minimum Gasteiger partial charge on any atom is -0.396 e. The molecule has 1 atom stereocenters. The number of benzene rings is 1. The van der Waals surface area contributed by atoms with E-state index < -0.39 is 0 Å². The maximum absolute atomic E-state index is 9.70. The van der Waals surface area contributed by atoms with Crippen molar-refractivity contribution in [2.24, 2.45) is 0 Å². The Morgan fingerprint density at radius 2 is 1.83 bits per heavy atom. The Balaban J connectivity index is 1.48. The van der Waals surface area contributed by atoms with Crippen LogP contribution in [0, 0.1) is 0 Å². The van der Waals surface area contributed by atoms with Crippen molar-refractivity contribution >= 4 is 10.9 Å². The fraction of sp³-hybridized carbons (Fsp3) is 0.667. The summed E-state index contributed by atoms with van der Waals surface area (Å²) in [6, 6.07) is 10.4. The van der Waals surface area contributed by atoms with E-state index in [0.29, 0.717) is 18.1 Å². The van der Waals surface area contributed by atoms with Crippen molar-refractivity contribution in [2.45, 2.75) is 57.8 Å². The van der Waals surface area contributed by atoms with Gasteiger partial charge in [0.25, 0.3) is 0 Å². The number of rotatable bonds is 6. The first-order valence-corrected chi connectivity index (χ1v) is 11.4. The van der Waals surface area contributed by atoms with Crippen molar-refractivity contribution in [1.82, 2.24) is 19.3 Å². The summed E-state index contributed by atoms with van der Waals surface area (Å²) in [5, 5.41) is 11.1. The zero-order chi connectivity index (χ0) is 20.4. The van der Waals surface area contributed by atoms with Gasteiger partial charge in [-0.3, -0.25) is 9.80 Å². The number of hydrogen-bond donors (Lipinski definition) is 1. The van der Waals surface area contributed by atoms with Crippen LogP contribution in [0.5, 0.6) is 0 Å². The van der Waals surface area contributed by atoms with E-state index in [0.717, 1.165) is 32.6 Å². The molecule has 0 radical (unpaired) electrons. The molecule has 0 unspecified atom stereocenters. The molecule has 1 N–H and O–H groups in total. The van der Waals surface area contributed by atoms with Gasteiger partial charge in [-0.2, -0.15) is 0 Å². The Hall–Kier alpha value is -1.40. The van der Waals surface area contributed by atoms with Crippen molar-refractivity contribution < 1.29 is 5.11 Å². The molecule has 2 aromatic rings. The van der Waals surface area contributed by atoms with Crippen LogP contribution in [0.15, 0.2) is 30.5 Å². The number of hydrogen-bond acceptors (Lipinski definition) is 4. The van der Waals surface area contributed by atoms with Gasteiger partial charge in [0.15, 0.2) is 0 Å². The molecule has 2 aliphatic heterocycles. The van der Waals surface area contributed by atoms with Gasteiger partial charge in [-0.15, -0.1) is 0 Å². The highest BCUT2D eigenvalue weighted by molar-refractivity contribution is 5.84. The summed E-state index contributed by atoms with van der Waals surface area (Å²) in [5.41, 5.74) is 2.78. The lowest BCUT2D eigenvalue weighted by Gasteiger charge is -2.47. The Morgan fingerprint density at radius 1 is 1.07 bits per heavy atom. The highest BCUT2D eigenvalue weighted by Crippen LogP contribution is 2.28. The Bertz CT molecular complexity index is 793. The zero-order valence-electron chi connectivity index (χ0n) is 18.4. The summed E-state index contributed by atoms with van der Waals surface area (Å²) in [5.74, 6) is 0. The SMILES string of the molecule is CC(C)n1cc(CN2CCN(C3CCN(C)CC3)[C@@H](CCO)C2)c2ccccc21. The van der Waals surface area contributed by atoms with Crippen molar-refractivity contribution in [3.05, 3.63) is 36.0 Å². The molecule has 2 aliphatic rings. The Labute approximate surface area is 175 Å². The number of para-hydroxylation sites is 1. The van der Waals surface area contributed by atoms with Crippen molar-refractivity contribution in [3.8, 4) is 0 Å². The van der Waals surface area contributed by atoms with E-state index in [-0.39, 0.29) is 6.61 Å². The molecule has 2 fully saturated rings. The molecule has 4 rings (SSSR count). The van der Waals surface area contributed by atoms with E-state index in [2.05, 4.69) is 70.6 Å². The average molecular weight is 399 g/mol. The summed E-state index contributed by atoms with van der Waals surface area (Å²) in [4.78, 5) is 7.77. The standard InChI is InChI=1S/C24H38N4O/c1-19(2)28-17-20(23-6-4-5-7-24(23)28)16-26-13-14-27(22(18-26)10-15-29)21-8-11-25(3)12-9-21/h4-7,17,19,21-22,29H,8-16,18H2,1-3H3/t22-/m0/s1. The average Bonchev–Trinajstić information content (AvgIpc) is 3.08. The molecule has 0 amide bonds. The lowest BCUT2D eigenvalue weighted by atomic mass is 9.98. The van der Waals surface area contributed by atoms with Gasteiger partial charge in [0.05, 0.1) is 0 Å². The molecule has 0 aliphatic carbocycles. The lowest BCUT2D eigenvalue weighted by Crippen LogP contribution is -2.58. The van der Waals surface area contributed by atoms with E-state index in [1.807, 2.05) is 0 Å². The number of nitrogens with zero attached hydrogens (tertiary/aromatic N) is 4. The number of piperidine rings is 1. The maximum atomic E-state index is 9.70. The maximum Gasteiger partial charge on any atom is 0.0486 e. The molecule has 5 heteroatoms. The fourth-order valence-electron chi connectivity index (χ4n) is 5.36. The third-order valence-corrected chi connectivity index (χ3v) is 7.01. The van der Waals surface area contributed by atoms with Crippen LogP contribution in [0.4, 0.5) is 0 Å². The highest BCUT2D eigenvalue weighted by Gasteiger charge is 2.33. The third-order valence-electron chi connectivity index (χ3n) is 7.01. The van der Waals surface area contributed by atoms with Crippen molar-refractivity contribution in [1.29, 1.82) is 0 Å². The van der Waals surface area contributed by atoms with Crippen LogP contribution in [0.3, 0.4) is 0 Å². The minimum absolute atomic E-state index is 0.286. The zero-order valence-corrected chi connectivity index (χ0v) is 18.4. The summed E-state index contributed by atoms with van der Waals surface area (Å²) in [6.45, 7) is 11.5. The van der Waals surface area contributed by atoms with Crippen LogP contribution >= 0.6 is 0 Å². The van der Waals surface area contributed by atoms with Gasteiger partial charge >= 0.3 is 0 Å². The van der Waals surface area contributed by atoms with Gasteiger partial charge in [0.1, 0.15) is 0 Å². The molecule has 0 spiro atoms. The summed E-state index contributed by atoms with van der Waals surface area (Å²) < 4.78 is 2.41. The van der Waals surface area contributed by atoms with Crippen LogP contribution in [0.25, 0.3) is 10.9 Å². The molecule has 0 saturated carbocycles. The van der Waals surface area contributed by atoms with E-state index in [1.165, 1.54) is 42.4 Å². The Morgan fingerprint density at radius 3 is 2.55 bits per heavy atom. The number of fused-ring (bicyclic) bond motifs is 1. The normalized spacial score (nSPS) is 23.4. The van der Waals surface area contributed by atoms with Crippen LogP contribution in [-0.4, -0.2) is 82.8 Å². The van der Waals surface area contributed by atoms with Crippen molar-refractivity contribution in [2.75, 3.05) is 46.4 Å². The summed E-state index contributed by atoms with van der Waals surface area (Å²) >= 11 is 0. The van der Waals surface area contributed by atoms with Crippen LogP contribution in [-0.2, 0) is 6.54 Å². The molecule has 2 saturated heterocycles. The molecule has 160 valence electrons. The summed E-state index contributed by atoms with van der Waals surface area (Å²) in [6.07, 6.45) is 5.77. The van der Waals surface area contributed by atoms with Gasteiger partial charge in [0, 0.05) is 68.0 Å². The first-order valence-electron chi connectivity index (χ1n) is 11.4. The molecule has 0 bridgehead atoms. The molecule has 3 heterocycles. The second kappa shape index (κ2) is 9.17. The highest BCUT2D eigenvalue weighted by atomic mass is 16.3. The van der Waals surface area contributed by atoms with Crippen molar-refractivity contribution in [3.63, 3.8) is 0 Å². The first kappa shape index (κ1) is 20.9. The molecule has 5 nitrogen and oxygen atoms in total. The summed E-state index contributed by atoms with van der Waals surface area (Å²) in [7, 11) is 2.23. The monoisotopic (exact) mass is 398 g/mol. The van der Waals surface area contributed by atoms with Crippen LogP contribution < -0.4 is 0 Å². The molecular formula is C24H38N4O. The first-order chi connectivity index (χ1) is 14.1. The molecule has 29 heavy (non-hydrogen) atoms. The molecule has 1 aromatic heterocycles. The predicted octanol–water partition coefficient (Wildman–Crippen LogP) is 3.19. The fourth-order valence-corrected chi connectivity index (χ4v) is 5.36. The second-order valence-corrected chi connectivity index (χ2v) is 9.35. The second-order valence-electron chi connectivity index (χ2n) is 9.35. The van der Waals surface area contributed by atoms with E-state index in [1.54, 1.807) is 0 Å². The third kappa shape index (κ3) is 4.53. The minimum atomic E-state index is 0.286. The predicted molar refractivity (Wildman–Crippen MR) is 120 cm³/mol. The van der Waals surface area contributed by atoms with Gasteiger partial charge in [-0.05, 0) is 64.9 Å². The van der Waals surface area contributed by atoms with E-state index in [9.17, 15) is 5.11 Å². The molecule has 1 aromatic carbocycles. The number of aromatic nitrogens is 1. The van der Waals surface area contributed by atoms with Gasteiger partial charge in [-0.25, -0.2) is 0 Å². The van der Waals surface area contributed by atoms with Gasteiger partial charge in [0.2, 0.25) is 0 Å². The number of aliphatic hydroxyl groups excluding tert-OH is 1. The Kier molecular flexibility index (Phi) is 6.60. The van der Waals surface area contributed by atoms with Crippen LogP contribution in [0.1, 0.15) is 44.7 Å². The number of piperazine rings is 1. The number of aliphatic hydroxyl groups is 1.